The molecule has 1 aliphatic rings. The summed E-state index contributed by atoms with van der Waals surface area (Å²) in [5.74, 6) is 7.09. The minimum atomic E-state index is 0.635. The van der Waals surface area contributed by atoms with Crippen molar-refractivity contribution in [2.75, 3.05) is 0 Å². The molecule has 2 rings (SSSR count). The lowest BCUT2D eigenvalue weighted by Crippen LogP contribution is -1.90. The number of rotatable bonds is 1. The van der Waals surface area contributed by atoms with E-state index in [0.29, 0.717) is 12.5 Å². The predicted octanol–water partition coefficient (Wildman–Crippen LogP) is 1.97. The van der Waals surface area contributed by atoms with E-state index in [1.165, 1.54) is 17.7 Å². The van der Waals surface area contributed by atoms with E-state index >= 15 is 0 Å². The molecule has 1 heterocycles. The van der Waals surface area contributed by atoms with E-state index in [1.54, 1.807) is 11.3 Å². The summed E-state index contributed by atoms with van der Waals surface area (Å²) >= 11 is 1.70. The Morgan fingerprint density at radius 1 is 1.50 bits per heavy atom. The highest BCUT2D eigenvalue weighted by Crippen LogP contribution is 2.27. The molecule has 0 bridgehead atoms. The second-order valence-electron chi connectivity index (χ2n) is 3.01. The first-order valence-electron chi connectivity index (χ1n) is 4.19. The summed E-state index contributed by atoms with van der Waals surface area (Å²) in [6.07, 6.45) is 2.59. The Labute approximate surface area is 76.6 Å². The minimum absolute atomic E-state index is 0.635. The lowest BCUT2D eigenvalue weighted by Gasteiger charge is -1.81. The lowest BCUT2D eigenvalue weighted by atomic mass is 10.4. The summed E-state index contributed by atoms with van der Waals surface area (Å²) in [7, 11) is 0. The lowest BCUT2D eigenvalue weighted by molar-refractivity contribution is 1.11. The van der Waals surface area contributed by atoms with Crippen LogP contribution in [0.3, 0.4) is 0 Å². The van der Waals surface area contributed by atoms with Crippen LogP contribution < -0.4 is 5.73 Å². The average Bonchev–Trinajstić information content (AvgIpc) is 2.81. The van der Waals surface area contributed by atoms with Gasteiger partial charge in [0.1, 0.15) is 0 Å². The predicted molar refractivity (Wildman–Crippen MR) is 51.8 cm³/mol. The van der Waals surface area contributed by atoms with E-state index in [9.17, 15) is 0 Å². The topological polar surface area (TPSA) is 26.0 Å². The fourth-order valence-corrected chi connectivity index (χ4v) is 1.70. The third kappa shape index (κ3) is 1.88. The van der Waals surface area contributed by atoms with E-state index in [1.807, 2.05) is 0 Å². The van der Waals surface area contributed by atoms with Gasteiger partial charge in [0.25, 0.3) is 0 Å². The molecular weight excluding hydrogens is 166 g/mol. The Morgan fingerprint density at radius 2 is 2.33 bits per heavy atom. The number of nitrogens with two attached hydrogens (primary N) is 1. The van der Waals surface area contributed by atoms with E-state index < -0.39 is 0 Å². The Morgan fingerprint density at radius 3 is 2.92 bits per heavy atom. The highest BCUT2D eigenvalue weighted by Gasteiger charge is 2.17. The number of hydrogen-bond donors (Lipinski definition) is 1. The highest BCUT2D eigenvalue weighted by molar-refractivity contribution is 7.12. The maximum absolute atomic E-state index is 5.49. The molecule has 0 aromatic carbocycles. The normalized spacial score (nSPS) is 15.4. The molecule has 0 amide bonds. The molecule has 0 aliphatic heterocycles. The highest BCUT2D eigenvalue weighted by atomic mass is 32.1. The second kappa shape index (κ2) is 3.30. The van der Waals surface area contributed by atoms with Gasteiger partial charge in [0, 0.05) is 17.3 Å². The summed E-state index contributed by atoms with van der Waals surface area (Å²) in [5, 5.41) is 0. The maximum atomic E-state index is 5.49. The molecule has 0 saturated heterocycles. The van der Waals surface area contributed by atoms with Gasteiger partial charge in [-0.25, -0.2) is 0 Å². The molecule has 1 aliphatic carbocycles. The first-order valence-corrected chi connectivity index (χ1v) is 5.00. The van der Waals surface area contributed by atoms with Crippen LogP contribution in [0.5, 0.6) is 0 Å². The second-order valence-corrected chi connectivity index (χ2v) is 4.18. The van der Waals surface area contributed by atoms with Crippen LogP contribution in [0.4, 0.5) is 0 Å². The van der Waals surface area contributed by atoms with Gasteiger partial charge in [-0.3, -0.25) is 0 Å². The monoisotopic (exact) mass is 177 g/mol. The molecular formula is C10H11NS. The fraction of sp³-hybridized carbons (Fsp3) is 0.400. The average molecular weight is 177 g/mol. The van der Waals surface area contributed by atoms with Crippen LogP contribution in [0, 0.1) is 17.8 Å². The molecule has 0 radical (unpaired) electrons. The maximum Gasteiger partial charge on any atom is 0.0771 e. The summed E-state index contributed by atoms with van der Waals surface area (Å²) in [4.78, 5) is 2.37. The first-order chi connectivity index (χ1) is 5.88. The molecule has 1 aromatic heterocycles. The van der Waals surface area contributed by atoms with Crippen molar-refractivity contribution in [3.63, 3.8) is 0 Å². The first kappa shape index (κ1) is 7.85. The van der Waals surface area contributed by atoms with E-state index in [0.717, 1.165) is 4.88 Å². The summed E-state index contributed by atoms with van der Waals surface area (Å²) in [6, 6.07) is 4.11. The van der Waals surface area contributed by atoms with Crippen molar-refractivity contribution in [3.05, 3.63) is 21.9 Å². The van der Waals surface area contributed by atoms with Crippen molar-refractivity contribution in [1.29, 1.82) is 0 Å². The molecule has 1 saturated carbocycles. The Balaban J connectivity index is 2.08. The van der Waals surface area contributed by atoms with Gasteiger partial charge in [-0.05, 0) is 25.0 Å². The smallest absolute Gasteiger partial charge is 0.0771 e. The zero-order valence-corrected chi connectivity index (χ0v) is 7.66. The van der Waals surface area contributed by atoms with Crippen molar-refractivity contribution in [3.8, 4) is 11.8 Å². The molecule has 0 spiro atoms. The van der Waals surface area contributed by atoms with Crippen LogP contribution in [-0.2, 0) is 6.54 Å². The molecule has 0 atom stereocenters. The van der Waals surface area contributed by atoms with Crippen molar-refractivity contribution < 1.29 is 0 Å². The van der Waals surface area contributed by atoms with Gasteiger partial charge in [-0.15, -0.1) is 11.3 Å². The van der Waals surface area contributed by atoms with E-state index in [4.69, 9.17) is 5.73 Å². The zero-order chi connectivity index (χ0) is 8.39. The van der Waals surface area contributed by atoms with Crippen molar-refractivity contribution in [2.45, 2.75) is 19.4 Å². The molecule has 0 unspecified atom stereocenters. The largest absolute Gasteiger partial charge is 0.326 e. The Hall–Kier alpha value is -0.780. The van der Waals surface area contributed by atoms with E-state index in [-0.39, 0.29) is 0 Å². The minimum Gasteiger partial charge on any atom is -0.326 e. The third-order valence-corrected chi connectivity index (χ3v) is 2.86. The van der Waals surface area contributed by atoms with Gasteiger partial charge in [0.05, 0.1) is 4.88 Å². The Kier molecular flexibility index (Phi) is 2.16. The molecule has 1 fully saturated rings. The quantitative estimate of drug-likeness (QED) is 0.652. The van der Waals surface area contributed by atoms with Gasteiger partial charge in [-0.2, -0.15) is 0 Å². The van der Waals surface area contributed by atoms with Gasteiger partial charge >= 0.3 is 0 Å². The van der Waals surface area contributed by atoms with Gasteiger partial charge in [-0.1, -0.05) is 11.8 Å². The van der Waals surface area contributed by atoms with Crippen molar-refractivity contribution >= 4 is 11.3 Å². The summed E-state index contributed by atoms with van der Waals surface area (Å²) < 4.78 is 0. The SMILES string of the molecule is NCc1ccc(C#CC2CC2)s1. The van der Waals surface area contributed by atoms with Crippen LogP contribution in [0.25, 0.3) is 0 Å². The summed E-state index contributed by atoms with van der Waals surface area (Å²) in [5.41, 5.74) is 5.49. The zero-order valence-electron chi connectivity index (χ0n) is 6.84. The van der Waals surface area contributed by atoms with Crippen LogP contribution in [0.2, 0.25) is 0 Å². The Bertz CT molecular complexity index is 325. The molecule has 1 aromatic rings. The van der Waals surface area contributed by atoms with Crippen molar-refractivity contribution in [2.24, 2.45) is 11.7 Å². The summed E-state index contributed by atoms with van der Waals surface area (Å²) in [6.45, 7) is 0.635. The number of thiophene rings is 1. The molecule has 2 N–H and O–H groups in total. The van der Waals surface area contributed by atoms with Crippen LogP contribution in [0.15, 0.2) is 12.1 Å². The number of hydrogen-bond acceptors (Lipinski definition) is 2. The van der Waals surface area contributed by atoms with Gasteiger partial charge in [0.2, 0.25) is 0 Å². The fourth-order valence-electron chi connectivity index (χ4n) is 0.956. The van der Waals surface area contributed by atoms with Crippen LogP contribution >= 0.6 is 11.3 Å². The molecule has 12 heavy (non-hydrogen) atoms. The van der Waals surface area contributed by atoms with Gasteiger partial charge < -0.3 is 5.73 Å². The molecule has 2 heteroatoms. The van der Waals surface area contributed by atoms with Crippen LogP contribution in [-0.4, -0.2) is 0 Å². The van der Waals surface area contributed by atoms with E-state index in [2.05, 4.69) is 24.0 Å². The third-order valence-electron chi connectivity index (χ3n) is 1.84. The standard InChI is InChI=1S/C10H11NS/c11-7-10-6-5-9(12-10)4-3-8-1-2-8/h5-6,8H,1-2,7,11H2. The van der Waals surface area contributed by atoms with Crippen LogP contribution in [0.1, 0.15) is 22.6 Å². The van der Waals surface area contributed by atoms with Gasteiger partial charge in [0.15, 0.2) is 0 Å². The van der Waals surface area contributed by atoms with Crippen molar-refractivity contribution in [1.82, 2.24) is 0 Å². The molecule has 62 valence electrons. The molecule has 1 nitrogen and oxygen atoms in total.